The fourth-order valence-corrected chi connectivity index (χ4v) is 3.22. The van der Waals surface area contributed by atoms with Crippen LogP contribution in [0, 0.1) is 5.92 Å². The second-order valence-electron chi connectivity index (χ2n) is 7.29. The number of rotatable bonds is 6. The molecule has 1 aliphatic heterocycles. The molecule has 27 heavy (non-hydrogen) atoms. The lowest BCUT2D eigenvalue weighted by molar-refractivity contribution is -0.121. The number of hydrogen-bond acceptors (Lipinski definition) is 4. The van der Waals surface area contributed by atoms with Gasteiger partial charge in [0.2, 0.25) is 5.91 Å². The Balaban J connectivity index is 1.47. The van der Waals surface area contributed by atoms with Crippen LogP contribution in [-0.4, -0.2) is 33.4 Å². The van der Waals surface area contributed by atoms with Gasteiger partial charge in [-0.25, -0.2) is 4.79 Å². The Labute approximate surface area is 158 Å². The van der Waals surface area contributed by atoms with Crippen LogP contribution in [0.25, 0.3) is 0 Å². The molecule has 0 aliphatic carbocycles. The van der Waals surface area contributed by atoms with Crippen molar-refractivity contribution in [2.24, 2.45) is 5.92 Å². The first-order valence-corrected chi connectivity index (χ1v) is 9.36. The zero-order valence-electron chi connectivity index (χ0n) is 15.6. The SMILES string of the molecule is CC1CCN(Cc2ccc(CNC(=O)Cn3ccc(=O)[nH]c3=O)cc2)CC1. The van der Waals surface area contributed by atoms with E-state index in [2.05, 4.69) is 34.3 Å². The number of amides is 1. The molecule has 2 aromatic rings. The van der Waals surface area contributed by atoms with Gasteiger partial charge in [0.05, 0.1) is 0 Å². The predicted octanol–water partition coefficient (Wildman–Crippen LogP) is 1.08. The lowest BCUT2D eigenvalue weighted by atomic mass is 9.99. The van der Waals surface area contributed by atoms with Crippen LogP contribution in [0.15, 0.2) is 46.1 Å². The van der Waals surface area contributed by atoms with Crippen LogP contribution in [0.3, 0.4) is 0 Å². The summed E-state index contributed by atoms with van der Waals surface area (Å²) in [5, 5.41) is 2.79. The van der Waals surface area contributed by atoms with Gasteiger partial charge in [0.25, 0.3) is 5.56 Å². The Morgan fingerprint density at radius 3 is 2.44 bits per heavy atom. The van der Waals surface area contributed by atoms with Crippen molar-refractivity contribution in [3.63, 3.8) is 0 Å². The summed E-state index contributed by atoms with van der Waals surface area (Å²) in [6.45, 7) is 5.87. The number of nitrogens with one attached hydrogen (secondary N) is 2. The van der Waals surface area contributed by atoms with Crippen LogP contribution >= 0.6 is 0 Å². The monoisotopic (exact) mass is 370 g/mol. The molecule has 0 radical (unpaired) electrons. The number of aromatic nitrogens is 2. The molecule has 1 fully saturated rings. The maximum Gasteiger partial charge on any atom is 0.328 e. The molecule has 0 unspecified atom stereocenters. The Kier molecular flexibility index (Phi) is 6.24. The summed E-state index contributed by atoms with van der Waals surface area (Å²) < 4.78 is 1.17. The van der Waals surface area contributed by atoms with Gasteiger partial charge in [-0.2, -0.15) is 0 Å². The lowest BCUT2D eigenvalue weighted by Crippen LogP contribution is -2.35. The summed E-state index contributed by atoms with van der Waals surface area (Å²) in [4.78, 5) is 39.2. The molecule has 0 atom stereocenters. The fourth-order valence-electron chi connectivity index (χ4n) is 3.22. The third kappa shape index (κ3) is 5.65. The van der Waals surface area contributed by atoms with Crippen LogP contribution in [0.2, 0.25) is 0 Å². The van der Waals surface area contributed by atoms with Crippen LogP contribution in [0.4, 0.5) is 0 Å². The smallest absolute Gasteiger partial charge is 0.328 e. The number of hydrogen-bond donors (Lipinski definition) is 2. The van der Waals surface area contributed by atoms with Gasteiger partial charge in [-0.15, -0.1) is 0 Å². The molecule has 0 saturated carbocycles. The standard InChI is InChI=1S/C20H26N4O3/c1-15-6-9-23(10-7-15)13-17-4-2-16(3-5-17)12-21-19(26)14-24-11-8-18(25)22-20(24)27/h2-5,8,11,15H,6-7,9-10,12-14H2,1H3,(H,21,26)(H,22,25,27). The minimum atomic E-state index is -0.589. The van der Waals surface area contributed by atoms with Gasteiger partial charge < -0.3 is 5.32 Å². The van der Waals surface area contributed by atoms with Gasteiger partial charge in [-0.05, 0) is 43.0 Å². The molecule has 7 nitrogen and oxygen atoms in total. The highest BCUT2D eigenvalue weighted by atomic mass is 16.2. The number of aromatic amines is 1. The Morgan fingerprint density at radius 1 is 1.11 bits per heavy atom. The summed E-state index contributed by atoms with van der Waals surface area (Å²) >= 11 is 0. The molecule has 144 valence electrons. The molecule has 3 rings (SSSR count). The highest BCUT2D eigenvalue weighted by molar-refractivity contribution is 5.75. The van der Waals surface area contributed by atoms with Crippen molar-refractivity contribution in [1.29, 1.82) is 0 Å². The van der Waals surface area contributed by atoms with Gasteiger partial charge in [0.15, 0.2) is 0 Å². The Bertz CT molecular complexity index is 877. The lowest BCUT2D eigenvalue weighted by Gasteiger charge is -2.30. The number of H-pyrrole nitrogens is 1. The first kappa shape index (κ1) is 19.1. The van der Waals surface area contributed by atoms with Crippen molar-refractivity contribution in [2.45, 2.75) is 39.4 Å². The highest BCUT2D eigenvalue weighted by Gasteiger charge is 2.15. The average Bonchev–Trinajstić information content (AvgIpc) is 2.65. The highest BCUT2D eigenvalue weighted by Crippen LogP contribution is 2.18. The van der Waals surface area contributed by atoms with E-state index in [0.29, 0.717) is 6.54 Å². The van der Waals surface area contributed by atoms with E-state index in [-0.39, 0.29) is 12.5 Å². The van der Waals surface area contributed by atoms with Gasteiger partial charge in [0, 0.05) is 25.4 Å². The van der Waals surface area contributed by atoms with Crippen molar-refractivity contribution >= 4 is 5.91 Å². The second kappa shape index (κ2) is 8.81. The molecule has 1 aromatic heterocycles. The first-order valence-electron chi connectivity index (χ1n) is 9.36. The van der Waals surface area contributed by atoms with E-state index in [0.717, 1.165) is 31.1 Å². The number of nitrogens with zero attached hydrogens (tertiary/aromatic N) is 2. The van der Waals surface area contributed by atoms with E-state index in [1.54, 1.807) is 0 Å². The molecule has 2 heterocycles. The molecule has 7 heteroatoms. The molecule has 0 bridgehead atoms. The minimum Gasteiger partial charge on any atom is -0.350 e. The van der Waals surface area contributed by atoms with E-state index >= 15 is 0 Å². The van der Waals surface area contributed by atoms with Gasteiger partial charge in [-0.3, -0.25) is 24.0 Å². The average molecular weight is 370 g/mol. The number of benzene rings is 1. The predicted molar refractivity (Wildman–Crippen MR) is 103 cm³/mol. The third-order valence-corrected chi connectivity index (χ3v) is 5.01. The van der Waals surface area contributed by atoms with Crippen molar-refractivity contribution in [2.75, 3.05) is 13.1 Å². The molecular formula is C20H26N4O3. The summed E-state index contributed by atoms with van der Waals surface area (Å²) in [6, 6.07) is 9.47. The normalized spacial score (nSPS) is 15.6. The van der Waals surface area contributed by atoms with Crippen molar-refractivity contribution in [1.82, 2.24) is 19.8 Å². The quantitative estimate of drug-likeness (QED) is 0.797. The molecule has 1 aromatic carbocycles. The molecular weight excluding hydrogens is 344 g/mol. The van der Waals surface area contributed by atoms with Crippen LogP contribution in [0.5, 0.6) is 0 Å². The molecule has 1 aliphatic rings. The Hall–Kier alpha value is -2.67. The van der Waals surface area contributed by atoms with Crippen LogP contribution in [-0.2, 0) is 24.4 Å². The van der Waals surface area contributed by atoms with Gasteiger partial charge >= 0.3 is 5.69 Å². The van der Waals surface area contributed by atoms with Crippen molar-refractivity contribution in [3.8, 4) is 0 Å². The topological polar surface area (TPSA) is 87.2 Å². The maximum absolute atomic E-state index is 12.0. The zero-order chi connectivity index (χ0) is 19.2. The number of carbonyl (C=O) groups excluding carboxylic acids is 1. The van der Waals surface area contributed by atoms with Gasteiger partial charge in [0.1, 0.15) is 6.54 Å². The number of likely N-dealkylation sites (tertiary alicyclic amines) is 1. The van der Waals surface area contributed by atoms with Crippen molar-refractivity contribution in [3.05, 3.63) is 68.5 Å². The third-order valence-electron chi connectivity index (χ3n) is 5.01. The molecule has 0 spiro atoms. The van der Waals surface area contributed by atoms with E-state index < -0.39 is 11.2 Å². The minimum absolute atomic E-state index is 0.124. The van der Waals surface area contributed by atoms with Crippen molar-refractivity contribution < 1.29 is 4.79 Å². The first-order chi connectivity index (χ1) is 13.0. The summed E-state index contributed by atoms with van der Waals surface area (Å²) in [5.74, 6) is 0.551. The molecule has 1 amide bonds. The Morgan fingerprint density at radius 2 is 1.78 bits per heavy atom. The maximum atomic E-state index is 12.0. The van der Waals surface area contributed by atoms with E-state index in [4.69, 9.17) is 0 Å². The summed E-state index contributed by atoms with van der Waals surface area (Å²) in [6.07, 6.45) is 3.85. The van der Waals surface area contributed by atoms with Gasteiger partial charge in [-0.1, -0.05) is 31.2 Å². The van der Waals surface area contributed by atoms with Crippen LogP contribution in [0.1, 0.15) is 30.9 Å². The fraction of sp³-hybridized carbons (Fsp3) is 0.450. The largest absolute Gasteiger partial charge is 0.350 e. The second-order valence-corrected chi connectivity index (χ2v) is 7.29. The summed E-state index contributed by atoms with van der Waals surface area (Å²) in [5.41, 5.74) is 1.22. The molecule has 1 saturated heterocycles. The van der Waals surface area contributed by atoms with Crippen LogP contribution < -0.4 is 16.6 Å². The molecule has 2 N–H and O–H groups in total. The van der Waals surface area contributed by atoms with E-state index in [1.165, 1.54) is 35.2 Å². The zero-order valence-corrected chi connectivity index (χ0v) is 15.6. The number of piperidine rings is 1. The van der Waals surface area contributed by atoms with E-state index in [9.17, 15) is 14.4 Å². The summed E-state index contributed by atoms with van der Waals surface area (Å²) in [7, 11) is 0. The number of carbonyl (C=O) groups is 1. The van der Waals surface area contributed by atoms with E-state index in [1.807, 2.05) is 12.1 Å².